The fourth-order valence-electron chi connectivity index (χ4n) is 1.87. The summed E-state index contributed by atoms with van der Waals surface area (Å²) in [5, 5.41) is 3.31. The third-order valence-electron chi connectivity index (χ3n) is 2.89. The first-order valence-electron chi connectivity index (χ1n) is 6.12. The van der Waals surface area contributed by atoms with Crippen LogP contribution in [0.2, 0.25) is 0 Å². The van der Waals surface area contributed by atoms with Crippen molar-refractivity contribution < 1.29 is 13.5 Å². The third-order valence-corrected chi connectivity index (χ3v) is 3.92. The van der Waals surface area contributed by atoms with E-state index in [1.165, 1.54) is 23.9 Å². The van der Waals surface area contributed by atoms with Crippen LogP contribution < -0.4 is 5.32 Å². The highest BCUT2D eigenvalue weighted by Gasteiger charge is 2.14. The van der Waals surface area contributed by atoms with Gasteiger partial charge in [-0.3, -0.25) is 0 Å². The van der Waals surface area contributed by atoms with Crippen molar-refractivity contribution in [1.29, 1.82) is 0 Å². The van der Waals surface area contributed by atoms with Crippen LogP contribution in [0.5, 0.6) is 0 Å². The summed E-state index contributed by atoms with van der Waals surface area (Å²) in [4.78, 5) is 0.376. The molecule has 0 saturated carbocycles. The molecule has 0 amide bonds. The molecule has 1 N–H and O–H groups in total. The number of ether oxygens (including phenoxy) is 1. The molecular weight excluding hydrogens is 256 g/mol. The van der Waals surface area contributed by atoms with Crippen molar-refractivity contribution in [3.63, 3.8) is 0 Å². The van der Waals surface area contributed by atoms with Crippen LogP contribution in [0.15, 0.2) is 23.1 Å². The molecule has 0 aromatic heterocycles. The zero-order valence-corrected chi connectivity index (χ0v) is 10.9. The summed E-state index contributed by atoms with van der Waals surface area (Å²) >= 11 is 1.33. The van der Waals surface area contributed by atoms with E-state index >= 15 is 0 Å². The summed E-state index contributed by atoms with van der Waals surface area (Å²) in [7, 11) is 0. The summed E-state index contributed by atoms with van der Waals surface area (Å²) < 4.78 is 31.5. The molecule has 2 nitrogen and oxygen atoms in total. The van der Waals surface area contributed by atoms with Crippen LogP contribution in [-0.2, 0) is 4.74 Å². The molecular formula is C13H17F2NOS. The second-order valence-corrected chi connectivity index (χ2v) is 5.49. The summed E-state index contributed by atoms with van der Waals surface area (Å²) in [6.45, 7) is 3.41. The highest BCUT2D eigenvalue weighted by molar-refractivity contribution is 7.99. The van der Waals surface area contributed by atoms with Crippen molar-refractivity contribution in [2.24, 2.45) is 5.92 Å². The van der Waals surface area contributed by atoms with Gasteiger partial charge >= 0.3 is 0 Å². The van der Waals surface area contributed by atoms with Gasteiger partial charge in [0.05, 0.1) is 6.61 Å². The molecule has 100 valence electrons. The van der Waals surface area contributed by atoms with E-state index in [4.69, 9.17) is 4.74 Å². The molecule has 1 saturated heterocycles. The Morgan fingerprint density at radius 1 is 1.39 bits per heavy atom. The van der Waals surface area contributed by atoms with E-state index in [0.29, 0.717) is 10.8 Å². The molecule has 0 aliphatic carbocycles. The summed E-state index contributed by atoms with van der Waals surface area (Å²) in [5.74, 6) is 0.579. The lowest BCUT2D eigenvalue weighted by molar-refractivity contribution is 0.185. The molecule has 1 aromatic carbocycles. The van der Waals surface area contributed by atoms with Crippen LogP contribution >= 0.6 is 11.8 Å². The molecule has 1 unspecified atom stereocenters. The van der Waals surface area contributed by atoms with Crippen LogP contribution in [-0.4, -0.2) is 32.1 Å². The van der Waals surface area contributed by atoms with E-state index in [1.54, 1.807) is 0 Å². The van der Waals surface area contributed by atoms with Gasteiger partial charge in [-0.15, -0.1) is 11.8 Å². The number of hydrogen-bond acceptors (Lipinski definition) is 3. The topological polar surface area (TPSA) is 21.3 Å². The van der Waals surface area contributed by atoms with Gasteiger partial charge in [-0.25, -0.2) is 8.78 Å². The number of halogens is 2. The number of nitrogens with one attached hydrogen (secondary N) is 1. The van der Waals surface area contributed by atoms with Crippen LogP contribution in [0.25, 0.3) is 0 Å². The normalized spacial score (nSPS) is 19.3. The largest absolute Gasteiger partial charge is 0.381 e. The van der Waals surface area contributed by atoms with Crippen molar-refractivity contribution in [1.82, 2.24) is 5.32 Å². The molecule has 5 heteroatoms. The molecule has 2 rings (SSSR count). The first-order chi connectivity index (χ1) is 8.75. The van der Waals surface area contributed by atoms with Crippen LogP contribution in [0.3, 0.4) is 0 Å². The first-order valence-corrected chi connectivity index (χ1v) is 7.10. The van der Waals surface area contributed by atoms with Gasteiger partial charge in [0.2, 0.25) is 0 Å². The highest BCUT2D eigenvalue weighted by Crippen LogP contribution is 2.22. The van der Waals surface area contributed by atoms with E-state index in [2.05, 4.69) is 5.32 Å². The monoisotopic (exact) mass is 273 g/mol. The van der Waals surface area contributed by atoms with Gasteiger partial charge in [-0.1, -0.05) is 0 Å². The Labute approximate surface area is 110 Å². The summed E-state index contributed by atoms with van der Waals surface area (Å²) in [5.41, 5.74) is 0. The van der Waals surface area contributed by atoms with Gasteiger partial charge in [-0.05, 0) is 30.5 Å². The van der Waals surface area contributed by atoms with Gasteiger partial charge in [0, 0.05) is 30.3 Å². The maximum atomic E-state index is 13.3. The Hall–Kier alpha value is -0.650. The van der Waals surface area contributed by atoms with E-state index in [0.717, 1.165) is 44.5 Å². The SMILES string of the molecule is Fc1ccc(F)c(SCCNCC2CCOC2)c1. The number of hydrogen-bond donors (Lipinski definition) is 1. The second kappa shape index (κ2) is 7.07. The number of thioether (sulfide) groups is 1. The van der Waals surface area contributed by atoms with Gasteiger partial charge in [0.1, 0.15) is 11.6 Å². The predicted molar refractivity (Wildman–Crippen MR) is 68.9 cm³/mol. The maximum Gasteiger partial charge on any atom is 0.136 e. The van der Waals surface area contributed by atoms with Gasteiger partial charge < -0.3 is 10.1 Å². The van der Waals surface area contributed by atoms with Crippen molar-refractivity contribution in [2.45, 2.75) is 11.3 Å². The molecule has 1 aliphatic heterocycles. The first kappa shape index (κ1) is 13.8. The van der Waals surface area contributed by atoms with Gasteiger partial charge in [0.25, 0.3) is 0 Å². The van der Waals surface area contributed by atoms with E-state index in [-0.39, 0.29) is 5.82 Å². The van der Waals surface area contributed by atoms with Gasteiger partial charge in [0.15, 0.2) is 0 Å². The zero-order chi connectivity index (χ0) is 12.8. The second-order valence-electron chi connectivity index (χ2n) is 4.36. The maximum absolute atomic E-state index is 13.3. The summed E-state index contributed by atoms with van der Waals surface area (Å²) in [6, 6.07) is 3.55. The zero-order valence-electron chi connectivity index (χ0n) is 10.1. The van der Waals surface area contributed by atoms with Crippen molar-refractivity contribution in [3.8, 4) is 0 Å². The number of rotatable bonds is 6. The lowest BCUT2D eigenvalue weighted by atomic mass is 10.1. The van der Waals surface area contributed by atoms with Crippen molar-refractivity contribution in [3.05, 3.63) is 29.8 Å². The average Bonchev–Trinajstić information content (AvgIpc) is 2.86. The minimum atomic E-state index is -0.394. The highest BCUT2D eigenvalue weighted by atomic mass is 32.2. The smallest absolute Gasteiger partial charge is 0.136 e. The molecule has 1 atom stereocenters. The quantitative estimate of drug-likeness (QED) is 0.636. The van der Waals surface area contributed by atoms with Crippen LogP contribution in [0.1, 0.15) is 6.42 Å². The van der Waals surface area contributed by atoms with E-state index in [9.17, 15) is 8.78 Å². The Balaban J connectivity index is 1.64. The minimum Gasteiger partial charge on any atom is -0.381 e. The molecule has 18 heavy (non-hydrogen) atoms. The Bertz CT molecular complexity index is 383. The fraction of sp³-hybridized carbons (Fsp3) is 0.538. The molecule has 0 bridgehead atoms. The Kier molecular flexibility index (Phi) is 5.41. The lowest BCUT2D eigenvalue weighted by Crippen LogP contribution is -2.25. The van der Waals surface area contributed by atoms with Crippen molar-refractivity contribution >= 4 is 11.8 Å². The Morgan fingerprint density at radius 3 is 3.06 bits per heavy atom. The minimum absolute atomic E-state index is 0.356. The third kappa shape index (κ3) is 4.23. The van der Waals surface area contributed by atoms with E-state index in [1.807, 2.05) is 0 Å². The van der Waals surface area contributed by atoms with Gasteiger partial charge in [-0.2, -0.15) is 0 Å². The molecule has 0 spiro atoms. The van der Waals surface area contributed by atoms with Crippen LogP contribution in [0.4, 0.5) is 8.78 Å². The lowest BCUT2D eigenvalue weighted by Gasteiger charge is -2.09. The summed E-state index contributed by atoms with van der Waals surface area (Å²) in [6.07, 6.45) is 1.11. The van der Waals surface area contributed by atoms with Crippen molar-refractivity contribution in [2.75, 3.05) is 32.1 Å². The van der Waals surface area contributed by atoms with E-state index < -0.39 is 5.82 Å². The molecule has 1 aromatic rings. The average molecular weight is 273 g/mol. The molecule has 1 heterocycles. The molecule has 1 aliphatic rings. The Morgan fingerprint density at radius 2 is 2.28 bits per heavy atom. The standard InChI is InChI=1S/C13H17F2NOS/c14-11-1-2-12(15)13(7-11)18-6-4-16-8-10-3-5-17-9-10/h1-2,7,10,16H,3-6,8-9H2. The predicted octanol–water partition coefficient (Wildman–Crippen LogP) is 2.68. The molecule has 0 radical (unpaired) electrons. The fourth-order valence-corrected chi connectivity index (χ4v) is 2.74. The number of benzene rings is 1. The van der Waals surface area contributed by atoms with Crippen LogP contribution in [0, 0.1) is 17.6 Å². The molecule has 1 fully saturated rings.